The zero-order valence-corrected chi connectivity index (χ0v) is 7.38. The Morgan fingerprint density at radius 3 is 3.00 bits per heavy atom. The van der Waals surface area contributed by atoms with E-state index in [1.165, 1.54) is 11.8 Å². The predicted octanol–water partition coefficient (Wildman–Crippen LogP) is 0.343. The van der Waals surface area contributed by atoms with Crippen molar-refractivity contribution in [1.29, 1.82) is 0 Å². The van der Waals surface area contributed by atoms with Gasteiger partial charge in [-0.15, -0.1) is 0 Å². The zero-order chi connectivity index (χ0) is 8.97. The third kappa shape index (κ3) is 2.23. The summed E-state index contributed by atoms with van der Waals surface area (Å²) in [6, 6.07) is 5.63. The molecule has 0 saturated heterocycles. The summed E-state index contributed by atoms with van der Waals surface area (Å²) < 4.78 is 1.76. The van der Waals surface area contributed by atoms with Gasteiger partial charge in [-0.3, -0.25) is 4.79 Å². The topological polar surface area (TPSA) is 47.0 Å². The van der Waals surface area contributed by atoms with E-state index in [1.807, 2.05) is 18.2 Å². The van der Waals surface area contributed by atoms with E-state index in [9.17, 15) is 4.79 Å². The zero-order valence-electron chi connectivity index (χ0n) is 6.56. The Morgan fingerprint density at radius 1 is 1.67 bits per heavy atom. The van der Waals surface area contributed by atoms with Gasteiger partial charge in [-0.2, -0.15) is 4.57 Å². The molecule has 0 aromatic carbocycles. The van der Waals surface area contributed by atoms with Crippen LogP contribution in [0.1, 0.15) is 0 Å². The first kappa shape index (κ1) is 9.06. The first-order chi connectivity index (χ1) is 5.74. The van der Waals surface area contributed by atoms with Crippen LogP contribution in [0.25, 0.3) is 0 Å². The summed E-state index contributed by atoms with van der Waals surface area (Å²) in [5.41, 5.74) is 5.06. The van der Waals surface area contributed by atoms with E-state index in [0.29, 0.717) is 0 Å². The van der Waals surface area contributed by atoms with Crippen LogP contribution in [0.4, 0.5) is 0 Å². The second kappa shape index (κ2) is 4.11. The van der Waals surface area contributed by atoms with Crippen LogP contribution in [0.2, 0.25) is 0 Å². The quantitative estimate of drug-likeness (QED) is 0.541. The molecule has 12 heavy (non-hydrogen) atoms. The highest BCUT2D eigenvalue weighted by molar-refractivity contribution is 8.00. The average molecular weight is 182 g/mol. The fourth-order valence-electron chi connectivity index (χ4n) is 0.890. The molecule has 0 aliphatic heterocycles. The van der Waals surface area contributed by atoms with Gasteiger partial charge >= 0.3 is 0 Å². The standard InChI is InChI=1S/C8H9N2OS/c1-12-8-4-2-3-5-10(8)6-7(9)11/h2-5H,1,6H2,(H-,9,11)/p+1. The van der Waals surface area contributed by atoms with Crippen molar-refractivity contribution in [3.63, 3.8) is 0 Å². The lowest BCUT2D eigenvalue weighted by atomic mass is 10.4. The van der Waals surface area contributed by atoms with Crippen LogP contribution in [-0.4, -0.2) is 5.91 Å². The van der Waals surface area contributed by atoms with Gasteiger partial charge in [0.15, 0.2) is 6.20 Å². The van der Waals surface area contributed by atoms with Gasteiger partial charge in [-0.25, -0.2) is 0 Å². The second-order valence-electron chi connectivity index (χ2n) is 2.28. The lowest BCUT2D eigenvalue weighted by Crippen LogP contribution is -2.42. The number of nitrogens with two attached hydrogens (primary N) is 1. The first-order valence-electron chi connectivity index (χ1n) is 3.43. The molecule has 3 nitrogen and oxygen atoms in total. The number of carbonyl (C=O) groups is 1. The molecule has 63 valence electrons. The molecule has 1 radical (unpaired) electrons. The van der Waals surface area contributed by atoms with E-state index in [4.69, 9.17) is 5.73 Å². The fraction of sp³-hybridized carbons (Fsp3) is 0.125. The molecular formula is C8H10N2OS+. The van der Waals surface area contributed by atoms with Crippen molar-refractivity contribution in [3.05, 3.63) is 30.7 Å². The molecule has 4 heteroatoms. The van der Waals surface area contributed by atoms with Crippen molar-refractivity contribution in [2.45, 2.75) is 11.6 Å². The highest BCUT2D eigenvalue weighted by Crippen LogP contribution is 2.08. The maximum absolute atomic E-state index is 10.6. The van der Waals surface area contributed by atoms with Crippen LogP contribution in [0, 0.1) is 6.26 Å². The molecule has 1 rings (SSSR count). The SMILES string of the molecule is [CH2]Sc1cccc[n+]1CC(N)=O. The van der Waals surface area contributed by atoms with E-state index >= 15 is 0 Å². The van der Waals surface area contributed by atoms with Gasteiger partial charge in [0.25, 0.3) is 5.91 Å². The van der Waals surface area contributed by atoms with Gasteiger partial charge in [0.05, 0.1) is 0 Å². The van der Waals surface area contributed by atoms with Gasteiger partial charge in [-0.05, 0) is 6.07 Å². The van der Waals surface area contributed by atoms with Crippen LogP contribution >= 0.6 is 11.8 Å². The molecular weight excluding hydrogens is 172 g/mol. The Bertz CT molecular complexity index is 288. The third-order valence-corrected chi connectivity index (χ3v) is 2.04. The Balaban J connectivity index is 2.89. The molecule has 0 aliphatic rings. The Morgan fingerprint density at radius 2 is 2.42 bits per heavy atom. The van der Waals surface area contributed by atoms with Crippen LogP contribution in [0.3, 0.4) is 0 Å². The number of amides is 1. The summed E-state index contributed by atoms with van der Waals surface area (Å²) in [5.74, 6) is -0.346. The minimum Gasteiger partial charge on any atom is -0.364 e. The molecule has 1 heterocycles. The third-order valence-electron chi connectivity index (χ3n) is 1.37. The minimum absolute atomic E-state index is 0.207. The second-order valence-corrected chi connectivity index (χ2v) is 2.98. The maximum Gasteiger partial charge on any atom is 0.283 e. The number of hydrogen-bond acceptors (Lipinski definition) is 2. The minimum atomic E-state index is -0.346. The van der Waals surface area contributed by atoms with Crippen molar-refractivity contribution < 1.29 is 9.36 Å². The molecule has 0 bridgehead atoms. The lowest BCUT2D eigenvalue weighted by molar-refractivity contribution is -0.720. The average Bonchev–Trinajstić information content (AvgIpc) is 2.04. The van der Waals surface area contributed by atoms with Crippen LogP contribution < -0.4 is 10.3 Å². The Kier molecular flexibility index (Phi) is 3.10. The van der Waals surface area contributed by atoms with E-state index in [1.54, 1.807) is 10.8 Å². The molecule has 1 aromatic heterocycles. The summed E-state index contributed by atoms with van der Waals surface area (Å²) in [6.07, 6.45) is 5.47. The maximum atomic E-state index is 10.6. The number of nitrogens with zero attached hydrogens (tertiary/aromatic N) is 1. The summed E-state index contributed by atoms with van der Waals surface area (Å²) in [7, 11) is 0. The van der Waals surface area contributed by atoms with Crippen molar-refractivity contribution in [2.75, 3.05) is 0 Å². The van der Waals surface area contributed by atoms with Gasteiger partial charge in [-0.1, -0.05) is 11.8 Å². The highest BCUT2D eigenvalue weighted by atomic mass is 32.2. The van der Waals surface area contributed by atoms with Crippen molar-refractivity contribution in [2.24, 2.45) is 5.73 Å². The van der Waals surface area contributed by atoms with Gasteiger partial charge < -0.3 is 5.73 Å². The molecule has 0 unspecified atom stereocenters. The summed E-state index contributed by atoms with van der Waals surface area (Å²) in [5, 5.41) is 0.927. The molecule has 0 saturated carbocycles. The first-order valence-corrected chi connectivity index (χ1v) is 4.41. The number of rotatable bonds is 3. The van der Waals surface area contributed by atoms with Crippen LogP contribution in [0.15, 0.2) is 29.4 Å². The summed E-state index contributed by atoms with van der Waals surface area (Å²) in [6.45, 7) is 0.207. The summed E-state index contributed by atoms with van der Waals surface area (Å²) in [4.78, 5) is 10.6. The largest absolute Gasteiger partial charge is 0.364 e. The smallest absolute Gasteiger partial charge is 0.283 e. The highest BCUT2D eigenvalue weighted by Gasteiger charge is 2.09. The van der Waals surface area contributed by atoms with Gasteiger partial charge in [0.1, 0.15) is 0 Å². The fourth-order valence-corrected chi connectivity index (χ4v) is 1.36. The van der Waals surface area contributed by atoms with E-state index < -0.39 is 0 Å². The molecule has 0 aliphatic carbocycles. The molecule has 0 atom stereocenters. The number of aromatic nitrogens is 1. The van der Waals surface area contributed by atoms with E-state index in [2.05, 4.69) is 6.26 Å². The number of pyridine rings is 1. The molecule has 1 amide bonds. The van der Waals surface area contributed by atoms with Crippen LogP contribution in [-0.2, 0) is 11.3 Å². The Hall–Kier alpha value is -1.03. The monoisotopic (exact) mass is 182 g/mol. The number of hydrogen-bond donors (Lipinski definition) is 1. The van der Waals surface area contributed by atoms with Crippen molar-refractivity contribution in [1.82, 2.24) is 0 Å². The normalized spacial score (nSPS) is 9.75. The van der Waals surface area contributed by atoms with Crippen LogP contribution in [0.5, 0.6) is 0 Å². The van der Waals surface area contributed by atoms with E-state index in [-0.39, 0.29) is 12.5 Å². The molecule has 0 spiro atoms. The number of carbonyl (C=O) groups excluding carboxylic acids is 1. The molecule has 1 aromatic rings. The molecule has 2 N–H and O–H groups in total. The molecule has 0 fully saturated rings. The number of thioether (sulfide) groups is 1. The predicted molar refractivity (Wildman–Crippen MR) is 47.0 cm³/mol. The van der Waals surface area contributed by atoms with Crippen molar-refractivity contribution in [3.8, 4) is 0 Å². The van der Waals surface area contributed by atoms with Gasteiger partial charge in [0.2, 0.25) is 11.6 Å². The van der Waals surface area contributed by atoms with Gasteiger partial charge in [0, 0.05) is 18.4 Å². The van der Waals surface area contributed by atoms with E-state index in [0.717, 1.165) is 5.03 Å². The summed E-state index contributed by atoms with van der Waals surface area (Å²) >= 11 is 1.34. The van der Waals surface area contributed by atoms with Crippen molar-refractivity contribution >= 4 is 17.7 Å². The lowest BCUT2D eigenvalue weighted by Gasteiger charge is -1.96. The Labute approximate surface area is 75.6 Å². The number of primary amides is 1.